The number of anilines is 1. The van der Waals surface area contributed by atoms with Crippen molar-refractivity contribution in [2.75, 3.05) is 18.4 Å². The number of hydrogen-bond donors (Lipinski definition) is 2. The second kappa shape index (κ2) is 7.19. The van der Waals surface area contributed by atoms with Crippen LogP contribution < -0.4 is 11.1 Å². The minimum atomic E-state index is -0.366. The van der Waals surface area contributed by atoms with Crippen LogP contribution in [0.3, 0.4) is 0 Å². The lowest BCUT2D eigenvalue weighted by atomic mass is 10.0. The number of carbonyl (C=O) groups is 2. The average molecular weight is 392 g/mol. The van der Waals surface area contributed by atoms with Gasteiger partial charge in [-0.25, -0.2) is 0 Å². The van der Waals surface area contributed by atoms with Crippen molar-refractivity contribution in [3.63, 3.8) is 0 Å². The zero-order valence-electron chi connectivity index (χ0n) is 13.0. The molecule has 1 aliphatic heterocycles. The van der Waals surface area contributed by atoms with Crippen molar-refractivity contribution in [1.29, 1.82) is 0 Å². The van der Waals surface area contributed by atoms with Crippen LogP contribution >= 0.6 is 15.9 Å². The van der Waals surface area contributed by atoms with Gasteiger partial charge in [-0.3, -0.25) is 9.59 Å². The highest BCUT2D eigenvalue weighted by Crippen LogP contribution is 2.18. The third-order valence-electron chi connectivity index (χ3n) is 3.99. The number of furan rings is 1. The van der Waals surface area contributed by atoms with Crippen LogP contribution in [-0.2, 0) is 0 Å². The Morgan fingerprint density at radius 3 is 2.62 bits per heavy atom. The van der Waals surface area contributed by atoms with Gasteiger partial charge in [0.1, 0.15) is 0 Å². The molecular formula is C17H18BrN3O3. The molecule has 0 unspecified atom stereocenters. The van der Waals surface area contributed by atoms with Gasteiger partial charge in [0.05, 0.1) is 0 Å². The Morgan fingerprint density at radius 2 is 1.96 bits per heavy atom. The van der Waals surface area contributed by atoms with E-state index in [0.717, 1.165) is 12.8 Å². The summed E-state index contributed by atoms with van der Waals surface area (Å²) >= 11 is 3.16. The maximum Gasteiger partial charge on any atom is 0.291 e. The first-order chi connectivity index (χ1) is 11.5. The largest absolute Gasteiger partial charge is 0.444 e. The Balaban J connectivity index is 1.69. The molecule has 2 aromatic rings. The van der Waals surface area contributed by atoms with Crippen molar-refractivity contribution in [2.45, 2.75) is 18.9 Å². The van der Waals surface area contributed by atoms with Gasteiger partial charge >= 0.3 is 0 Å². The van der Waals surface area contributed by atoms with Crippen LogP contribution in [0.25, 0.3) is 0 Å². The first-order valence-corrected chi connectivity index (χ1v) is 8.54. The zero-order chi connectivity index (χ0) is 17.1. The van der Waals surface area contributed by atoms with Crippen molar-refractivity contribution >= 4 is 33.4 Å². The summed E-state index contributed by atoms with van der Waals surface area (Å²) in [5.74, 6) is -0.211. The van der Waals surface area contributed by atoms with Crippen molar-refractivity contribution < 1.29 is 14.0 Å². The molecule has 3 N–H and O–H groups in total. The molecule has 1 saturated heterocycles. The summed E-state index contributed by atoms with van der Waals surface area (Å²) in [4.78, 5) is 26.5. The van der Waals surface area contributed by atoms with Gasteiger partial charge in [0.15, 0.2) is 10.4 Å². The summed E-state index contributed by atoms with van der Waals surface area (Å²) in [6.07, 6.45) is 1.63. The highest BCUT2D eigenvalue weighted by molar-refractivity contribution is 9.10. The maximum absolute atomic E-state index is 12.6. The van der Waals surface area contributed by atoms with Gasteiger partial charge in [0.25, 0.3) is 11.8 Å². The number of benzene rings is 1. The van der Waals surface area contributed by atoms with Gasteiger partial charge in [0, 0.05) is 30.4 Å². The van der Waals surface area contributed by atoms with E-state index in [1.807, 2.05) is 0 Å². The quantitative estimate of drug-likeness (QED) is 0.841. The fourth-order valence-electron chi connectivity index (χ4n) is 2.64. The fourth-order valence-corrected chi connectivity index (χ4v) is 2.95. The molecule has 1 fully saturated rings. The Morgan fingerprint density at radius 1 is 1.21 bits per heavy atom. The van der Waals surface area contributed by atoms with Gasteiger partial charge in [0.2, 0.25) is 0 Å². The number of nitrogens with two attached hydrogens (primary N) is 1. The summed E-state index contributed by atoms with van der Waals surface area (Å²) in [5.41, 5.74) is 6.97. The smallest absolute Gasteiger partial charge is 0.291 e. The fraction of sp³-hybridized carbons (Fsp3) is 0.294. The molecule has 0 aliphatic carbocycles. The topological polar surface area (TPSA) is 88.6 Å². The highest BCUT2D eigenvalue weighted by Gasteiger charge is 2.22. The van der Waals surface area contributed by atoms with E-state index in [-0.39, 0.29) is 23.6 Å². The SMILES string of the molecule is NC1CCN(C(=O)c2cccc(NC(=O)c3ccc(Br)o3)c2)CC1. The van der Waals surface area contributed by atoms with E-state index in [4.69, 9.17) is 10.2 Å². The number of nitrogens with one attached hydrogen (secondary N) is 1. The molecule has 0 saturated carbocycles. The molecule has 6 nitrogen and oxygen atoms in total. The molecule has 0 spiro atoms. The lowest BCUT2D eigenvalue weighted by Gasteiger charge is -2.30. The minimum Gasteiger partial charge on any atom is -0.444 e. The molecule has 2 amide bonds. The second-order valence-electron chi connectivity index (χ2n) is 5.77. The maximum atomic E-state index is 12.6. The molecule has 0 atom stereocenters. The Hall–Kier alpha value is -2.12. The van der Waals surface area contributed by atoms with Crippen LogP contribution in [0, 0.1) is 0 Å². The molecule has 0 radical (unpaired) electrons. The summed E-state index contributed by atoms with van der Waals surface area (Å²) in [6.45, 7) is 1.33. The normalized spacial score (nSPS) is 15.3. The standard InChI is InChI=1S/C17H18BrN3O3/c18-15-5-4-14(24-15)16(22)20-13-3-1-2-11(10-13)17(23)21-8-6-12(19)7-9-21/h1-5,10,12H,6-9,19H2,(H,20,22). The van der Waals surface area contributed by atoms with Crippen molar-refractivity contribution in [1.82, 2.24) is 4.90 Å². The molecule has 2 heterocycles. The molecule has 126 valence electrons. The molecule has 1 aromatic heterocycles. The lowest BCUT2D eigenvalue weighted by molar-refractivity contribution is 0.0714. The number of likely N-dealkylation sites (tertiary alicyclic amines) is 1. The number of rotatable bonds is 3. The lowest BCUT2D eigenvalue weighted by Crippen LogP contribution is -2.42. The highest BCUT2D eigenvalue weighted by atomic mass is 79.9. The van der Waals surface area contributed by atoms with Crippen LogP contribution in [0.5, 0.6) is 0 Å². The monoisotopic (exact) mass is 391 g/mol. The van der Waals surface area contributed by atoms with Crippen molar-refractivity contribution in [3.05, 3.63) is 52.4 Å². The van der Waals surface area contributed by atoms with Gasteiger partial charge in [-0.1, -0.05) is 6.07 Å². The Labute approximate surface area is 148 Å². The van der Waals surface area contributed by atoms with Gasteiger partial charge in [-0.05, 0) is 59.1 Å². The van der Waals surface area contributed by atoms with Crippen LogP contribution in [0.1, 0.15) is 33.8 Å². The second-order valence-corrected chi connectivity index (χ2v) is 6.55. The zero-order valence-corrected chi connectivity index (χ0v) is 14.6. The first kappa shape index (κ1) is 16.7. The number of carbonyl (C=O) groups excluding carboxylic acids is 2. The summed E-state index contributed by atoms with van der Waals surface area (Å²) in [7, 11) is 0. The number of piperidine rings is 1. The van der Waals surface area contributed by atoms with E-state index >= 15 is 0 Å². The molecule has 1 aliphatic rings. The van der Waals surface area contributed by atoms with Gasteiger partial charge < -0.3 is 20.4 Å². The van der Waals surface area contributed by atoms with Crippen LogP contribution in [-0.4, -0.2) is 35.8 Å². The predicted molar refractivity (Wildman–Crippen MR) is 93.9 cm³/mol. The summed E-state index contributed by atoms with van der Waals surface area (Å²) in [5, 5.41) is 2.73. The van der Waals surface area contributed by atoms with E-state index in [1.54, 1.807) is 41.3 Å². The Bertz CT molecular complexity index is 751. The third-order valence-corrected chi connectivity index (χ3v) is 4.42. The molecule has 24 heavy (non-hydrogen) atoms. The molecule has 0 bridgehead atoms. The van der Waals surface area contributed by atoms with Crippen LogP contribution in [0.2, 0.25) is 0 Å². The number of halogens is 1. The summed E-state index contributed by atoms with van der Waals surface area (Å²) < 4.78 is 5.70. The number of amides is 2. The molecule has 7 heteroatoms. The van der Waals surface area contributed by atoms with Crippen LogP contribution in [0.4, 0.5) is 5.69 Å². The van der Waals surface area contributed by atoms with Gasteiger partial charge in [-0.2, -0.15) is 0 Å². The third kappa shape index (κ3) is 3.85. The van der Waals surface area contributed by atoms with E-state index in [2.05, 4.69) is 21.2 Å². The molecule has 3 rings (SSSR count). The van der Waals surface area contributed by atoms with E-state index in [9.17, 15) is 9.59 Å². The number of hydrogen-bond acceptors (Lipinski definition) is 4. The van der Waals surface area contributed by atoms with Crippen molar-refractivity contribution in [2.24, 2.45) is 5.73 Å². The van der Waals surface area contributed by atoms with E-state index < -0.39 is 0 Å². The molecule has 1 aromatic carbocycles. The average Bonchev–Trinajstić information content (AvgIpc) is 3.02. The van der Waals surface area contributed by atoms with E-state index in [0.29, 0.717) is 29.0 Å². The summed E-state index contributed by atoms with van der Waals surface area (Å²) in [6, 6.07) is 10.3. The minimum absolute atomic E-state index is 0.0428. The molecular weight excluding hydrogens is 374 g/mol. The predicted octanol–water partition coefficient (Wildman–Crippen LogP) is 2.86. The van der Waals surface area contributed by atoms with Crippen molar-refractivity contribution in [3.8, 4) is 0 Å². The Kier molecular flexibility index (Phi) is 5.01. The number of nitrogens with zero attached hydrogens (tertiary/aromatic N) is 1. The van der Waals surface area contributed by atoms with Gasteiger partial charge in [-0.15, -0.1) is 0 Å². The van der Waals surface area contributed by atoms with E-state index in [1.165, 1.54) is 0 Å². The van der Waals surface area contributed by atoms with Crippen LogP contribution in [0.15, 0.2) is 45.5 Å². The first-order valence-electron chi connectivity index (χ1n) is 7.74.